The Hall–Kier alpha value is -0.830. The lowest BCUT2D eigenvalue weighted by atomic mass is 10.0. The van der Waals surface area contributed by atoms with Gasteiger partial charge in [-0.25, -0.2) is 0 Å². The quantitative estimate of drug-likeness (QED) is 0.800. The molecule has 2 heterocycles. The zero-order valence-electron chi connectivity index (χ0n) is 9.58. The molecule has 1 aliphatic heterocycles. The standard InChI is InChI=1S/C12H19N3/c1-8(2)15-11-7-13-6-5-10(11)12(14-15)9-3-4-9/h8-9,13H,3-7H2,1-2H3. The van der Waals surface area contributed by atoms with Crippen LogP contribution in [0.5, 0.6) is 0 Å². The van der Waals surface area contributed by atoms with Crippen LogP contribution in [0.1, 0.15) is 55.6 Å². The van der Waals surface area contributed by atoms with E-state index in [0.29, 0.717) is 6.04 Å². The van der Waals surface area contributed by atoms with Crippen molar-refractivity contribution in [1.82, 2.24) is 15.1 Å². The van der Waals surface area contributed by atoms with Crippen molar-refractivity contribution < 1.29 is 0 Å². The van der Waals surface area contributed by atoms with Crippen LogP contribution < -0.4 is 5.32 Å². The number of fused-ring (bicyclic) bond motifs is 1. The average Bonchev–Trinajstić information content (AvgIpc) is 2.99. The van der Waals surface area contributed by atoms with E-state index in [9.17, 15) is 0 Å². The van der Waals surface area contributed by atoms with Crippen molar-refractivity contribution in [2.75, 3.05) is 6.54 Å². The minimum atomic E-state index is 0.492. The van der Waals surface area contributed by atoms with Crippen LogP contribution in [-0.4, -0.2) is 16.3 Å². The Morgan fingerprint density at radius 1 is 1.40 bits per heavy atom. The number of aromatic nitrogens is 2. The minimum Gasteiger partial charge on any atom is -0.311 e. The number of hydrogen-bond donors (Lipinski definition) is 1. The second kappa shape index (κ2) is 3.34. The Morgan fingerprint density at radius 2 is 2.20 bits per heavy atom. The topological polar surface area (TPSA) is 29.9 Å². The second-order valence-corrected chi connectivity index (χ2v) is 5.05. The lowest BCUT2D eigenvalue weighted by molar-refractivity contribution is 0.484. The molecule has 1 aromatic rings. The lowest BCUT2D eigenvalue weighted by Crippen LogP contribution is -2.26. The Morgan fingerprint density at radius 3 is 2.87 bits per heavy atom. The molecule has 0 spiro atoms. The summed E-state index contributed by atoms with van der Waals surface area (Å²) in [5, 5.41) is 8.28. The molecule has 3 heteroatoms. The van der Waals surface area contributed by atoms with Crippen LogP contribution in [0.25, 0.3) is 0 Å². The molecule has 3 nitrogen and oxygen atoms in total. The highest BCUT2D eigenvalue weighted by Gasteiger charge is 2.32. The third-order valence-electron chi connectivity index (χ3n) is 3.45. The molecule has 2 aliphatic rings. The van der Waals surface area contributed by atoms with Crippen LogP contribution in [0.15, 0.2) is 0 Å². The van der Waals surface area contributed by atoms with Gasteiger partial charge in [-0.05, 0) is 45.2 Å². The first-order chi connectivity index (χ1) is 7.27. The Kier molecular flexibility index (Phi) is 2.09. The summed E-state index contributed by atoms with van der Waals surface area (Å²) < 4.78 is 2.23. The van der Waals surface area contributed by atoms with Gasteiger partial charge in [-0.3, -0.25) is 4.68 Å². The Balaban J connectivity index is 2.08. The molecule has 0 saturated heterocycles. The molecule has 0 aromatic carbocycles. The van der Waals surface area contributed by atoms with Gasteiger partial charge in [-0.15, -0.1) is 0 Å². The molecule has 15 heavy (non-hydrogen) atoms. The van der Waals surface area contributed by atoms with Crippen LogP contribution >= 0.6 is 0 Å². The summed E-state index contributed by atoms with van der Waals surface area (Å²) in [5.74, 6) is 0.789. The fourth-order valence-corrected chi connectivity index (χ4v) is 2.52. The highest BCUT2D eigenvalue weighted by atomic mass is 15.3. The van der Waals surface area contributed by atoms with Crippen molar-refractivity contribution in [3.05, 3.63) is 17.0 Å². The highest BCUT2D eigenvalue weighted by Crippen LogP contribution is 2.42. The summed E-state index contributed by atoms with van der Waals surface area (Å²) in [5.41, 5.74) is 4.42. The summed E-state index contributed by atoms with van der Waals surface area (Å²) in [7, 11) is 0. The fourth-order valence-electron chi connectivity index (χ4n) is 2.52. The normalized spacial score (nSPS) is 20.7. The molecule has 1 aromatic heterocycles. The van der Waals surface area contributed by atoms with Gasteiger partial charge in [0.05, 0.1) is 11.4 Å². The second-order valence-electron chi connectivity index (χ2n) is 5.05. The molecule has 1 saturated carbocycles. The monoisotopic (exact) mass is 205 g/mol. The molecule has 1 aliphatic carbocycles. The third-order valence-corrected chi connectivity index (χ3v) is 3.45. The Labute approximate surface area is 90.9 Å². The fraction of sp³-hybridized carbons (Fsp3) is 0.750. The van der Waals surface area contributed by atoms with Gasteiger partial charge in [0.1, 0.15) is 0 Å². The van der Waals surface area contributed by atoms with E-state index in [-0.39, 0.29) is 0 Å². The summed E-state index contributed by atoms with van der Waals surface area (Å²) in [6, 6.07) is 0.492. The summed E-state index contributed by atoms with van der Waals surface area (Å²) in [4.78, 5) is 0. The predicted octanol–water partition coefficient (Wildman–Crippen LogP) is 1.99. The van der Waals surface area contributed by atoms with Gasteiger partial charge in [0.2, 0.25) is 0 Å². The molecule has 1 fully saturated rings. The van der Waals surface area contributed by atoms with E-state index in [0.717, 1.165) is 19.0 Å². The van der Waals surface area contributed by atoms with E-state index in [1.165, 1.54) is 30.7 Å². The van der Waals surface area contributed by atoms with E-state index in [2.05, 4.69) is 23.8 Å². The number of hydrogen-bond acceptors (Lipinski definition) is 2. The van der Waals surface area contributed by atoms with Crippen LogP contribution in [0.3, 0.4) is 0 Å². The van der Waals surface area contributed by atoms with Gasteiger partial charge in [0.25, 0.3) is 0 Å². The van der Waals surface area contributed by atoms with E-state index in [1.54, 1.807) is 5.56 Å². The van der Waals surface area contributed by atoms with Crippen molar-refractivity contribution >= 4 is 0 Å². The highest BCUT2D eigenvalue weighted by molar-refractivity contribution is 5.33. The van der Waals surface area contributed by atoms with Crippen molar-refractivity contribution in [2.24, 2.45) is 0 Å². The van der Waals surface area contributed by atoms with Gasteiger partial charge in [-0.2, -0.15) is 5.10 Å². The van der Waals surface area contributed by atoms with Crippen LogP contribution in [0.2, 0.25) is 0 Å². The zero-order valence-corrected chi connectivity index (χ0v) is 9.58. The van der Waals surface area contributed by atoms with E-state index in [1.807, 2.05) is 0 Å². The molecule has 82 valence electrons. The maximum atomic E-state index is 4.83. The van der Waals surface area contributed by atoms with Gasteiger partial charge >= 0.3 is 0 Å². The van der Waals surface area contributed by atoms with Crippen molar-refractivity contribution in [1.29, 1.82) is 0 Å². The maximum Gasteiger partial charge on any atom is 0.0691 e. The van der Waals surface area contributed by atoms with Gasteiger partial charge < -0.3 is 5.32 Å². The number of nitrogens with one attached hydrogen (secondary N) is 1. The summed E-state index contributed by atoms with van der Waals surface area (Å²) in [6.45, 7) is 6.57. The molecule has 0 amide bonds. The lowest BCUT2D eigenvalue weighted by Gasteiger charge is -2.17. The largest absolute Gasteiger partial charge is 0.311 e. The summed E-state index contributed by atoms with van der Waals surface area (Å²) >= 11 is 0. The van der Waals surface area contributed by atoms with Crippen molar-refractivity contribution in [3.8, 4) is 0 Å². The molecule has 0 radical (unpaired) electrons. The van der Waals surface area contributed by atoms with E-state index in [4.69, 9.17) is 5.10 Å². The van der Waals surface area contributed by atoms with Crippen LogP contribution in [0, 0.1) is 0 Å². The first-order valence-electron chi connectivity index (χ1n) is 6.08. The molecule has 0 bridgehead atoms. The first-order valence-corrected chi connectivity index (χ1v) is 6.08. The molecule has 3 rings (SSSR count). The van der Waals surface area contributed by atoms with Crippen molar-refractivity contribution in [2.45, 2.75) is 51.6 Å². The zero-order chi connectivity index (χ0) is 10.4. The molecule has 0 atom stereocenters. The van der Waals surface area contributed by atoms with Crippen LogP contribution in [0.4, 0.5) is 0 Å². The molecular weight excluding hydrogens is 186 g/mol. The minimum absolute atomic E-state index is 0.492. The first kappa shape index (κ1) is 9.40. The van der Waals surface area contributed by atoms with Crippen molar-refractivity contribution in [3.63, 3.8) is 0 Å². The van der Waals surface area contributed by atoms with E-state index < -0.39 is 0 Å². The van der Waals surface area contributed by atoms with Gasteiger partial charge in [0, 0.05) is 18.5 Å². The molecule has 0 unspecified atom stereocenters. The maximum absolute atomic E-state index is 4.83. The number of nitrogens with zero attached hydrogens (tertiary/aromatic N) is 2. The predicted molar refractivity (Wildman–Crippen MR) is 60.0 cm³/mol. The average molecular weight is 205 g/mol. The van der Waals surface area contributed by atoms with Crippen LogP contribution in [-0.2, 0) is 13.0 Å². The Bertz CT molecular complexity index is 348. The van der Waals surface area contributed by atoms with Gasteiger partial charge in [-0.1, -0.05) is 0 Å². The number of rotatable bonds is 2. The van der Waals surface area contributed by atoms with E-state index >= 15 is 0 Å². The smallest absolute Gasteiger partial charge is 0.0691 e. The third kappa shape index (κ3) is 1.49. The summed E-state index contributed by atoms with van der Waals surface area (Å²) in [6.07, 6.45) is 3.89. The molecular formula is C12H19N3. The molecule has 1 N–H and O–H groups in total. The van der Waals surface area contributed by atoms with Gasteiger partial charge in [0.15, 0.2) is 0 Å². The SMILES string of the molecule is CC(C)n1nc(C2CC2)c2c1CNCC2.